The predicted molar refractivity (Wildman–Crippen MR) is 161 cm³/mol. The second kappa shape index (κ2) is 15.2. The minimum absolute atomic E-state index is 0.329. The molecule has 14 nitrogen and oxygen atoms in total. The van der Waals surface area contributed by atoms with Crippen LogP contribution in [0.25, 0.3) is 11.1 Å². The zero-order chi connectivity index (χ0) is 32.6. The van der Waals surface area contributed by atoms with Crippen molar-refractivity contribution in [2.75, 3.05) is 20.2 Å². The Kier molecular flexibility index (Phi) is 11.4. The predicted octanol–water partition coefficient (Wildman–Crippen LogP) is -0.141. The topological polar surface area (TPSA) is 211 Å². The highest BCUT2D eigenvalue weighted by Crippen LogP contribution is 2.36. The van der Waals surface area contributed by atoms with Gasteiger partial charge in [0.2, 0.25) is 5.91 Å². The maximum atomic E-state index is 13.2. The van der Waals surface area contributed by atoms with Crippen molar-refractivity contribution in [3.05, 3.63) is 72.1 Å². The number of nitrogens with one attached hydrogen (secondary N) is 2. The largest absolute Gasteiger partial charge is 0.465 e. The van der Waals surface area contributed by atoms with Crippen LogP contribution in [0.1, 0.15) is 42.2 Å². The molecule has 45 heavy (non-hydrogen) atoms. The van der Waals surface area contributed by atoms with E-state index >= 15 is 0 Å². The molecule has 0 aliphatic carbocycles. The Morgan fingerprint density at radius 3 is 2.44 bits per heavy atom. The van der Waals surface area contributed by atoms with E-state index in [1.54, 1.807) is 24.3 Å². The van der Waals surface area contributed by atoms with Crippen LogP contribution in [0.3, 0.4) is 0 Å². The number of nitrogens with zero attached hydrogens (tertiary/aromatic N) is 3. The first-order valence-electron chi connectivity index (χ1n) is 14.7. The number of unbranched alkanes of at least 4 members (excludes halogenated alkanes) is 1. The Balaban J connectivity index is 1.52. The Bertz CT molecular complexity index is 1440. The van der Waals surface area contributed by atoms with Crippen LogP contribution < -0.4 is 16.4 Å². The van der Waals surface area contributed by atoms with E-state index < -0.39 is 66.9 Å². The molecule has 14 heteroatoms. The summed E-state index contributed by atoms with van der Waals surface area (Å²) in [5, 5.41) is 46.7. The van der Waals surface area contributed by atoms with Crippen LogP contribution in [0.15, 0.2) is 60.8 Å². The lowest BCUT2D eigenvalue weighted by atomic mass is 9.87. The third-order valence-electron chi connectivity index (χ3n) is 7.71. The highest BCUT2D eigenvalue weighted by atomic mass is 16.6. The molecule has 4 rings (SSSR count). The van der Waals surface area contributed by atoms with Crippen molar-refractivity contribution in [3.63, 3.8) is 0 Å². The lowest BCUT2D eigenvalue weighted by Crippen LogP contribution is -2.68. The SMILES string of the molecule is COC(=O)C1(n2cc(CCCCN)nn2)CC(O)C(NC(C)=O)C([C@@H](O)[C@H](O)CNC(=O)c2ccc(-c3ccccc3)cc2)O1. The van der Waals surface area contributed by atoms with Crippen LogP contribution in [0.5, 0.6) is 0 Å². The number of esters is 1. The molecule has 4 unspecified atom stereocenters. The van der Waals surface area contributed by atoms with Crippen LogP contribution in [0, 0.1) is 0 Å². The number of aryl methyl sites for hydroxylation is 1. The number of ether oxygens (including phenoxy) is 2. The summed E-state index contributed by atoms with van der Waals surface area (Å²) in [5.41, 5.74) is 6.25. The molecular weight excluding hydrogens is 584 g/mol. The number of aliphatic hydroxyl groups excluding tert-OH is 3. The number of carbonyl (C=O) groups is 3. The van der Waals surface area contributed by atoms with E-state index in [1.807, 2.05) is 30.3 Å². The van der Waals surface area contributed by atoms with Crippen LogP contribution >= 0.6 is 0 Å². The molecule has 242 valence electrons. The number of rotatable bonds is 13. The quantitative estimate of drug-likeness (QED) is 0.109. The highest BCUT2D eigenvalue weighted by Gasteiger charge is 2.57. The van der Waals surface area contributed by atoms with Crippen molar-refractivity contribution in [2.45, 2.75) is 68.8 Å². The number of benzene rings is 2. The molecule has 2 aromatic carbocycles. The minimum Gasteiger partial charge on any atom is -0.465 e. The van der Waals surface area contributed by atoms with Gasteiger partial charge in [0.15, 0.2) is 0 Å². The maximum absolute atomic E-state index is 13.2. The summed E-state index contributed by atoms with van der Waals surface area (Å²) < 4.78 is 12.2. The normalized spacial score (nSPS) is 22.7. The van der Waals surface area contributed by atoms with E-state index in [1.165, 1.54) is 13.1 Å². The van der Waals surface area contributed by atoms with Gasteiger partial charge in [-0.25, -0.2) is 9.48 Å². The average molecular weight is 625 g/mol. The van der Waals surface area contributed by atoms with Gasteiger partial charge in [-0.1, -0.05) is 47.7 Å². The van der Waals surface area contributed by atoms with E-state index in [9.17, 15) is 29.7 Å². The molecule has 1 fully saturated rings. The molecule has 7 N–H and O–H groups in total. The number of nitrogens with two attached hydrogens (primary N) is 1. The first-order chi connectivity index (χ1) is 21.6. The maximum Gasteiger partial charge on any atom is 0.361 e. The zero-order valence-corrected chi connectivity index (χ0v) is 25.2. The first-order valence-corrected chi connectivity index (χ1v) is 14.7. The molecule has 6 atom stereocenters. The van der Waals surface area contributed by atoms with Crippen LogP contribution in [0.2, 0.25) is 0 Å². The summed E-state index contributed by atoms with van der Waals surface area (Å²) in [6.07, 6.45) is -3.36. The summed E-state index contributed by atoms with van der Waals surface area (Å²) in [7, 11) is 1.13. The number of aromatic nitrogens is 3. The molecule has 2 heterocycles. The number of hydrogen-bond acceptors (Lipinski definition) is 11. The van der Waals surface area contributed by atoms with Gasteiger partial charge < -0.3 is 41.2 Å². The molecule has 1 aliphatic rings. The van der Waals surface area contributed by atoms with Gasteiger partial charge in [-0.15, -0.1) is 5.10 Å². The molecule has 1 aliphatic heterocycles. The van der Waals surface area contributed by atoms with E-state index in [2.05, 4.69) is 20.9 Å². The molecule has 0 radical (unpaired) electrons. The minimum atomic E-state index is -2.09. The summed E-state index contributed by atoms with van der Waals surface area (Å²) in [4.78, 5) is 38.1. The molecule has 0 bridgehead atoms. The Morgan fingerprint density at radius 1 is 1.11 bits per heavy atom. The highest BCUT2D eigenvalue weighted by molar-refractivity contribution is 5.94. The Labute approximate surface area is 260 Å². The number of methoxy groups -OCH3 is 1. The second-order valence-corrected chi connectivity index (χ2v) is 11.0. The fourth-order valence-corrected chi connectivity index (χ4v) is 5.33. The molecule has 0 spiro atoms. The van der Waals surface area contributed by atoms with E-state index in [4.69, 9.17) is 15.2 Å². The van der Waals surface area contributed by atoms with E-state index in [-0.39, 0.29) is 0 Å². The van der Waals surface area contributed by atoms with Crippen molar-refractivity contribution in [3.8, 4) is 11.1 Å². The van der Waals surface area contributed by atoms with E-state index in [0.29, 0.717) is 24.2 Å². The second-order valence-electron chi connectivity index (χ2n) is 11.0. The lowest BCUT2D eigenvalue weighted by Gasteiger charge is -2.47. The fourth-order valence-electron chi connectivity index (χ4n) is 5.33. The number of hydrogen-bond donors (Lipinski definition) is 6. The summed E-state index contributed by atoms with van der Waals surface area (Å²) in [6, 6.07) is 15.3. The van der Waals surface area contributed by atoms with Crippen molar-refractivity contribution < 1.29 is 39.2 Å². The van der Waals surface area contributed by atoms with Gasteiger partial charge in [0.25, 0.3) is 11.6 Å². The summed E-state index contributed by atoms with van der Waals surface area (Å²) >= 11 is 0. The van der Waals surface area contributed by atoms with E-state index in [0.717, 1.165) is 35.8 Å². The zero-order valence-electron chi connectivity index (χ0n) is 25.2. The fraction of sp³-hybridized carbons (Fsp3) is 0.452. The standard InChI is InChI=1S/C31H40N6O8/c1-19(38)34-26-24(39)16-31(30(43)44-2,37-18-23(35-36-37)10-6-7-15-32)45-28(26)27(41)25(40)17-33-29(42)22-13-11-21(12-14-22)20-8-4-3-5-9-20/h3-5,8-9,11-14,18,24-28,39-41H,6-7,10,15-17,32H2,1-2H3,(H,33,42)(H,34,38)/t24?,25-,26?,27+,28?,31?/m1/s1. The molecule has 2 amide bonds. The van der Waals surface area contributed by atoms with Gasteiger partial charge >= 0.3 is 5.97 Å². The number of carbonyl (C=O) groups excluding carboxylic acids is 3. The summed E-state index contributed by atoms with van der Waals surface area (Å²) in [6.45, 7) is 1.30. The molecule has 3 aromatic rings. The van der Waals surface area contributed by atoms with Gasteiger partial charge in [-0.05, 0) is 49.1 Å². The van der Waals surface area contributed by atoms with Crippen molar-refractivity contribution in [2.24, 2.45) is 5.73 Å². The van der Waals surface area contributed by atoms with Crippen LogP contribution in [-0.4, -0.2) is 98.8 Å². The summed E-state index contributed by atoms with van der Waals surface area (Å²) in [5.74, 6) is -1.99. The van der Waals surface area contributed by atoms with Gasteiger partial charge in [0, 0.05) is 25.5 Å². The van der Waals surface area contributed by atoms with Crippen molar-refractivity contribution in [1.29, 1.82) is 0 Å². The van der Waals surface area contributed by atoms with Gasteiger partial charge in [0.05, 0.1) is 37.3 Å². The molecule has 0 saturated carbocycles. The lowest BCUT2D eigenvalue weighted by molar-refractivity contribution is -0.258. The smallest absolute Gasteiger partial charge is 0.361 e. The first kappa shape index (κ1) is 33.7. The van der Waals surface area contributed by atoms with Crippen LogP contribution in [-0.2, 0) is 31.2 Å². The monoisotopic (exact) mass is 624 g/mol. The molecular formula is C31H40N6O8. The Morgan fingerprint density at radius 2 is 1.80 bits per heavy atom. The van der Waals surface area contributed by atoms with Gasteiger partial charge in [-0.3, -0.25) is 9.59 Å². The molecule has 1 saturated heterocycles. The van der Waals surface area contributed by atoms with Crippen molar-refractivity contribution >= 4 is 17.8 Å². The van der Waals surface area contributed by atoms with Crippen LogP contribution in [0.4, 0.5) is 0 Å². The molecule has 1 aromatic heterocycles. The third-order valence-corrected chi connectivity index (χ3v) is 7.71. The number of aliphatic hydroxyl groups is 3. The number of amides is 2. The average Bonchev–Trinajstić information content (AvgIpc) is 3.53. The third kappa shape index (κ3) is 7.90. The Hall–Kier alpha value is -4.21. The van der Waals surface area contributed by atoms with Crippen molar-refractivity contribution in [1.82, 2.24) is 25.6 Å². The van der Waals surface area contributed by atoms with Gasteiger partial charge in [0.1, 0.15) is 12.2 Å². The van der Waals surface area contributed by atoms with Gasteiger partial charge in [-0.2, -0.15) is 0 Å².